The lowest BCUT2D eigenvalue weighted by molar-refractivity contribution is -0.131. The van der Waals surface area contributed by atoms with Gasteiger partial charge < -0.3 is 14.8 Å². The molecule has 128 valence electrons. The number of benzene rings is 1. The van der Waals surface area contributed by atoms with Gasteiger partial charge >= 0.3 is 0 Å². The summed E-state index contributed by atoms with van der Waals surface area (Å²) in [6, 6.07) is 5.84. The zero-order valence-electron chi connectivity index (χ0n) is 14.4. The predicted octanol–water partition coefficient (Wildman–Crippen LogP) is 2.23. The molecule has 7 heteroatoms. The number of likely N-dealkylation sites (N-methyl/N-ethyl adjacent to an activating group) is 1. The van der Waals surface area contributed by atoms with Gasteiger partial charge in [-0.15, -0.1) is 0 Å². The van der Waals surface area contributed by atoms with Gasteiger partial charge in [-0.3, -0.25) is 9.59 Å². The second-order valence-electron chi connectivity index (χ2n) is 5.67. The molecule has 0 aliphatic carbocycles. The van der Waals surface area contributed by atoms with E-state index in [0.717, 1.165) is 22.0 Å². The van der Waals surface area contributed by atoms with Crippen LogP contribution >= 0.6 is 11.8 Å². The fourth-order valence-electron chi connectivity index (χ4n) is 2.22. The van der Waals surface area contributed by atoms with Crippen molar-refractivity contribution in [3.05, 3.63) is 41.7 Å². The lowest BCUT2D eigenvalue weighted by atomic mass is 10.1. The summed E-state index contributed by atoms with van der Waals surface area (Å²) in [5.74, 6) is -0.0669. The summed E-state index contributed by atoms with van der Waals surface area (Å²) in [5, 5.41) is 3.66. The van der Waals surface area contributed by atoms with E-state index in [2.05, 4.69) is 10.3 Å². The van der Waals surface area contributed by atoms with Crippen LogP contribution in [0.1, 0.15) is 11.1 Å². The fraction of sp³-hybridized carbons (Fsp3) is 0.353. The SMILES string of the molecule is Cc1cccc(C)c1NC(=O)CN(C)C(=O)CSc1nccn1C. The molecule has 0 saturated carbocycles. The molecule has 0 fully saturated rings. The van der Waals surface area contributed by atoms with E-state index in [0.29, 0.717) is 0 Å². The normalized spacial score (nSPS) is 10.5. The second kappa shape index (κ2) is 8.01. The van der Waals surface area contributed by atoms with Crippen molar-refractivity contribution in [1.29, 1.82) is 0 Å². The zero-order chi connectivity index (χ0) is 17.7. The minimum atomic E-state index is -0.203. The quantitative estimate of drug-likeness (QED) is 0.815. The number of carbonyl (C=O) groups excluding carboxylic acids is 2. The molecule has 2 aromatic rings. The lowest BCUT2D eigenvalue weighted by Crippen LogP contribution is -2.36. The molecule has 0 unspecified atom stereocenters. The topological polar surface area (TPSA) is 67.2 Å². The molecule has 1 aromatic heterocycles. The average molecular weight is 346 g/mol. The number of hydrogen-bond donors (Lipinski definition) is 1. The van der Waals surface area contributed by atoms with Crippen molar-refractivity contribution in [3.63, 3.8) is 0 Å². The summed E-state index contributed by atoms with van der Waals surface area (Å²) in [4.78, 5) is 29.9. The third-order valence-electron chi connectivity index (χ3n) is 3.65. The number of nitrogens with zero attached hydrogens (tertiary/aromatic N) is 3. The van der Waals surface area contributed by atoms with Gasteiger partial charge in [0.05, 0.1) is 12.3 Å². The Hall–Kier alpha value is -2.28. The Balaban J connectivity index is 1.86. The van der Waals surface area contributed by atoms with E-state index < -0.39 is 0 Å². The molecule has 0 bridgehead atoms. The molecule has 0 aliphatic rings. The van der Waals surface area contributed by atoms with Crippen LogP contribution in [0.15, 0.2) is 35.7 Å². The molecule has 0 saturated heterocycles. The Morgan fingerprint density at radius 2 is 1.96 bits per heavy atom. The molecular weight excluding hydrogens is 324 g/mol. The third-order valence-corrected chi connectivity index (χ3v) is 4.70. The summed E-state index contributed by atoms with van der Waals surface area (Å²) in [5.41, 5.74) is 2.82. The molecule has 0 spiro atoms. The number of para-hydroxylation sites is 1. The van der Waals surface area contributed by atoms with Crippen molar-refractivity contribution < 1.29 is 9.59 Å². The van der Waals surface area contributed by atoms with Crippen LogP contribution in [-0.2, 0) is 16.6 Å². The molecule has 6 nitrogen and oxygen atoms in total. The Kier molecular flexibility index (Phi) is 6.03. The van der Waals surface area contributed by atoms with E-state index in [1.165, 1.54) is 16.7 Å². The van der Waals surface area contributed by atoms with Crippen molar-refractivity contribution in [2.75, 3.05) is 24.7 Å². The Morgan fingerprint density at radius 1 is 1.29 bits per heavy atom. The van der Waals surface area contributed by atoms with Crippen LogP contribution in [0.25, 0.3) is 0 Å². The van der Waals surface area contributed by atoms with Gasteiger partial charge in [-0.2, -0.15) is 0 Å². The van der Waals surface area contributed by atoms with Crippen molar-refractivity contribution in [3.8, 4) is 0 Å². The number of rotatable bonds is 6. The largest absolute Gasteiger partial charge is 0.336 e. The van der Waals surface area contributed by atoms with Crippen molar-refractivity contribution >= 4 is 29.3 Å². The van der Waals surface area contributed by atoms with Crippen LogP contribution < -0.4 is 5.32 Å². The molecule has 1 aromatic carbocycles. The summed E-state index contributed by atoms with van der Waals surface area (Å²) >= 11 is 1.36. The van der Waals surface area contributed by atoms with Gasteiger partial charge in [0.15, 0.2) is 5.16 Å². The summed E-state index contributed by atoms with van der Waals surface area (Å²) in [7, 11) is 3.51. The van der Waals surface area contributed by atoms with Crippen LogP contribution in [0.4, 0.5) is 5.69 Å². The monoisotopic (exact) mass is 346 g/mol. The van der Waals surface area contributed by atoms with Crippen LogP contribution in [0.5, 0.6) is 0 Å². The first-order chi connectivity index (χ1) is 11.4. The summed E-state index contributed by atoms with van der Waals surface area (Å²) in [6.07, 6.45) is 3.52. The lowest BCUT2D eigenvalue weighted by Gasteiger charge is -2.18. The van der Waals surface area contributed by atoms with Gasteiger partial charge in [0.25, 0.3) is 0 Å². The number of anilines is 1. The number of aryl methyl sites for hydroxylation is 3. The molecular formula is C17H22N4O2S. The number of amides is 2. The molecule has 2 rings (SSSR count). The van der Waals surface area contributed by atoms with Crippen molar-refractivity contribution in [1.82, 2.24) is 14.5 Å². The maximum Gasteiger partial charge on any atom is 0.243 e. The van der Waals surface area contributed by atoms with Crippen LogP contribution in [-0.4, -0.2) is 45.6 Å². The van der Waals surface area contributed by atoms with Gasteiger partial charge in [0, 0.05) is 32.2 Å². The average Bonchev–Trinajstić information content (AvgIpc) is 2.94. The molecule has 0 radical (unpaired) electrons. The maximum absolute atomic E-state index is 12.2. The minimum absolute atomic E-state index is 0.0216. The number of thioether (sulfide) groups is 1. The van der Waals surface area contributed by atoms with Crippen LogP contribution in [0.3, 0.4) is 0 Å². The highest BCUT2D eigenvalue weighted by Crippen LogP contribution is 2.19. The Labute approximate surface area is 146 Å². The highest BCUT2D eigenvalue weighted by Gasteiger charge is 2.15. The van der Waals surface area contributed by atoms with Crippen molar-refractivity contribution in [2.24, 2.45) is 7.05 Å². The highest BCUT2D eigenvalue weighted by atomic mass is 32.2. The van der Waals surface area contributed by atoms with E-state index in [9.17, 15) is 9.59 Å². The molecule has 0 aliphatic heterocycles. The minimum Gasteiger partial charge on any atom is -0.336 e. The van der Waals surface area contributed by atoms with E-state index >= 15 is 0 Å². The van der Waals surface area contributed by atoms with E-state index in [1.54, 1.807) is 13.2 Å². The van der Waals surface area contributed by atoms with Crippen molar-refractivity contribution in [2.45, 2.75) is 19.0 Å². The Bertz CT molecular complexity index is 722. The standard InChI is InChI=1S/C17H22N4O2S/c1-12-6-5-7-13(2)16(12)19-14(22)10-21(4)15(23)11-24-17-18-8-9-20(17)3/h5-9H,10-11H2,1-4H3,(H,19,22). The number of imidazole rings is 1. The van der Waals surface area contributed by atoms with Gasteiger partial charge in [-0.05, 0) is 25.0 Å². The van der Waals surface area contributed by atoms with Gasteiger partial charge in [0.1, 0.15) is 0 Å². The molecule has 2 amide bonds. The van der Waals surface area contributed by atoms with Gasteiger partial charge in [0.2, 0.25) is 11.8 Å². The molecule has 1 N–H and O–H groups in total. The number of nitrogens with one attached hydrogen (secondary N) is 1. The first-order valence-electron chi connectivity index (χ1n) is 7.58. The Morgan fingerprint density at radius 3 is 2.54 bits per heavy atom. The van der Waals surface area contributed by atoms with Crippen LogP contribution in [0.2, 0.25) is 0 Å². The summed E-state index contributed by atoms with van der Waals surface area (Å²) < 4.78 is 1.85. The predicted molar refractivity (Wildman–Crippen MR) is 96.1 cm³/mol. The molecule has 24 heavy (non-hydrogen) atoms. The van der Waals surface area contributed by atoms with Crippen LogP contribution in [0, 0.1) is 13.8 Å². The molecule has 1 heterocycles. The first-order valence-corrected chi connectivity index (χ1v) is 8.57. The second-order valence-corrected chi connectivity index (χ2v) is 6.62. The third kappa shape index (κ3) is 4.61. The zero-order valence-corrected chi connectivity index (χ0v) is 15.2. The first kappa shape index (κ1) is 18.1. The number of hydrogen-bond acceptors (Lipinski definition) is 4. The van der Waals surface area contributed by atoms with E-state index in [4.69, 9.17) is 0 Å². The number of aromatic nitrogens is 2. The molecule has 0 atom stereocenters. The van der Waals surface area contributed by atoms with Gasteiger partial charge in [-0.25, -0.2) is 4.98 Å². The maximum atomic E-state index is 12.2. The smallest absolute Gasteiger partial charge is 0.243 e. The fourth-order valence-corrected chi connectivity index (χ4v) is 3.09. The highest BCUT2D eigenvalue weighted by molar-refractivity contribution is 7.99. The van der Waals surface area contributed by atoms with Gasteiger partial charge in [-0.1, -0.05) is 30.0 Å². The van der Waals surface area contributed by atoms with E-state index in [1.807, 2.05) is 49.9 Å². The number of carbonyl (C=O) groups is 2. The van der Waals surface area contributed by atoms with E-state index in [-0.39, 0.29) is 24.1 Å². The summed E-state index contributed by atoms with van der Waals surface area (Å²) in [6.45, 7) is 3.91.